The van der Waals surface area contributed by atoms with E-state index in [4.69, 9.17) is 9.84 Å². The van der Waals surface area contributed by atoms with Crippen molar-refractivity contribution in [1.29, 1.82) is 0 Å². The molecular formula is C14H13NO5S. The molecular weight excluding hydrogens is 294 g/mol. The zero-order chi connectivity index (χ0) is 15.4. The van der Waals surface area contributed by atoms with Crippen molar-refractivity contribution in [3.05, 3.63) is 34.7 Å². The van der Waals surface area contributed by atoms with Crippen molar-refractivity contribution in [1.82, 2.24) is 4.90 Å². The zero-order valence-corrected chi connectivity index (χ0v) is 12.1. The number of ether oxygens (including phenoxy) is 1. The summed E-state index contributed by atoms with van der Waals surface area (Å²) in [5.74, 6) is -1.09. The normalized spacial score (nSPS) is 16.6. The quantitative estimate of drug-likeness (QED) is 0.840. The van der Waals surface area contributed by atoms with Gasteiger partial charge in [0.15, 0.2) is 0 Å². The number of amides is 2. The summed E-state index contributed by atoms with van der Waals surface area (Å²) in [6.07, 6.45) is 1.56. The van der Waals surface area contributed by atoms with Gasteiger partial charge in [0.1, 0.15) is 12.3 Å². The van der Waals surface area contributed by atoms with Crippen LogP contribution in [0.5, 0.6) is 5.75 Å². The monoisotopic (exact) mass is 307 g/mol. The first-order valence-electron chi connectivity index (χ1n) is 6.21. The first-order valence-corrected chi connectivity index (χ1v) is 7.03. The Morgan fingerprint density at radius 2 is 2.00 bits per heavy atom. The van der Waals surface area contributed by atoms with Crippen molar-refractivity contribution in [3.63, 3.8) is 0 Å². The average Bonchev–Trinajstić information content (AvgIpc) is 2.69. The van der Waals surface area contributed by atoms with Gasteiger partial charge in [0, 0.05) is 0 Å². The second-order valence-electron chi connectivity index (χ2n) is 4.16. The minimum atomic E-state index is -1.22. The number of imide groups is 1. The summed E-state index contributed by atoms with van der Waals surface area (Å²) in [7, 11) is 0. The molecule has 2 amide bonds. The number of aliphatic carboxylic acids is 1. The standard InChI is InChI=1S/C14H13NO5S/c1-2-20-10-5-3-9(4-6-10)7-11-13(18)15(8-12(16)17)14(19)21-11/h3-7H,2,8H2,1H3,(H,16,17). The Kier molecular flexibility index (Phi) is 4.64. The number of hydrogen-bond donors (Lipinski definition) is 1. The molecule has 1 aliphatic rings. The van der Waals surface area contributed by atoms with E-state index in [0.29, 0.717) is 17.3 Å². The Labute approximate surface area is 125 Å². The van der Waals surface area contributed by atoms with Crippen LogP contribution in [0.2, 0.25) is 0 Å². The smallest absolute Gasteiger partial charge is 0.323 e. The molecule has 0 bridgehead atoms. The Morgan fingerprint density at radius 1 is 1.33 bits per heavy atom. The van der Waals surface area contributed by atoms with E-state index in [1.807, 2.05) is 6.92 Å². The minimum Gasteiger partial charge on any atom is -0.494 e. The molecule has 0 unspecified atom stereocenters. The lowest BCUT2D eigenvalue weighted by atomic mass is 10.2. The lowest BCUT2D eigenvalue weighted by Crippen LogP contribution is -2.33. The largest absolute Gasteiger partial charge is 0.494 e. The van der Waals surface area contributed by atoms with Crippen LogP contribution in [-0.2, 0) is 9.59 Å². The molecule has 0 radical (unpaired) electrons. The van der Waals surface area contributed by atoms with E-state index in [0.717, 1.165) is 17.3 Å². The summed E-state index contributed by atoms with van der Waals surface area (Å²) in [6, 6.07) is 7.04. The summed E-state index contributed by atoms with van der Waals surface area (Å²) in [5.41, 5.74) is 0.735. The van der Waals surface area contributed by atoms with E-state index in [9.17, 15) is 14.4 Å². The highest BCUT2D eigenvalue weighted by molar-refractivity contribution is 8.18. The van der Waals surface area contributed by atoms with Gasteiger partial charge in [0.25, 0.3) is 11.1 Å². The molecule has 1 heterocycles. The molecule has 6 nitrogen and oxygen atoms in total. The Hall–Kier alpha value is -2.28. The maximum atomic E-state index is 12.0. The minimum absolute atomic E-state index is 0.213. The highest BCUT2D eigenvalue weighted by Crippen LogP contribution is 2.32. The number of carbonyl (C=O) groups excluding carboxylic acids is 2. The third-order valence-corrected chi connectivity index (χ3v) is 3.56. The van der Waals surface area contributed by atoms with Gasteiger partial charge in [0.2, 0.25) is 0 Å². The van der Waals surface area contributed by atoms with Crippen LogP contribution >= 0.6 is 11.8 Å². The van der Waals surface area contributed by atoms with Gasteiger partial charge in [-0.25, -0.2) is 0 Å². The molecule has 0 aliphatic carbocycles. The first-order chi connectivity index (χ1) is 10.0. The molecule has 1 aromatic rings. The predicted octanol–water partition coefficient (Wildman–Crippen LogP) is 2.21. The zero-order valence-electron chi connectivity index (χ0n) is 11.2. The van der Waals surface area contributed by atoms with E-state index >= 15 is 0 Å². The van der Waals surface area contributed by atoms with Crippen LogP contribution in [0.25, 0.3) is 6.08 Å². The van der Waals surface area contributed by atoms with Gasteiger partial charge in [0.05, 0.1) is 11.5 Å². The molecule has 110 valence electrons. The van der Waals surface area contributed by atoms with Crippen molar-refractivity contribution in [2.45, 2.75) is 6.92 Å². The number of thioether (sulfide) groups is 1. The van der Waals surface area contributed by atoms with Crippen LogP contribution in [0.4, 0.5) is 4.79 Å². The van der Waals surface area contributed by atoms with Crippen molar-refractivity contribution in [3.8, 4) is 5.75 Å². The Balaban J connectivity index is 2.16. The molecule has 1 N–H and O–H groups in total. The van der Waals surface area contributed by atoms with E-state index in [1.54, 1.807) is 30.3 Å². The van der Waals surface area contributed by atoms with Crippen molar-refractivity contribution < 1.29 is 24.2 Å². The number of carbonyl (C=O) groups is 3. The van der Waals surface area contributed by atoms with Crippen LogP contribution in [0.3, 0.4) is 0 Å². The molecule has 0 aromatic heterocycles. The fourth-order valence-corrected chi connectivity index (χ4v) is 2.59. The predicted molar refractivity (Wildman–Crippen MR) is 77.9 cm³/mol. The SMILES string of the molecule is CCOc1ccc(C=C2SC(=O)N(CC(=O)O)C2=O)cc1. The van der Waals surface area contributed by atoms with E-state index in [-0.39, 0.29) is 4.91 Å². The maximum Gasteiger partial charge on any atom is 0.323 e. The van der Waals surface area contributed by atoms with E-state index < -0.39 is 23.7 Å². The van der Waals surface area contributed by atoms with Gasteiger partial charge < -0.3 is 9.84 Å². The molecule has 1 fully saturated rings. The first kappa shape index (κ1) is 15.1. The molecule has 0 saturated carbocycles. The molecule has 2 rings (SSSR count). The molecule has 1 aliphatic heterocycles. The second-order valence-corrected chi connectivity index (χ2v) is 5.16. The summed E-state index contributed by atoms with van der Waals surface area (Å²) in [4.78, 5) is 35.1. The number of rotatable bonds is 5. The summed E-state index contributed by atoms with van der Waals surface area (Å²) in [5, 5.41) is 8.11. The number of carboxylic acids is 1. The third-order valence-electron chi connectivity index (χ3n) is 2.66. The number of hydrogen-bond acceptors (Lipinski definition) is 5. The van der Waals surface area contributed by atoms with Crippen LogP contribution < -0.4 is 4.74 Å². The molecule has 1 aromatic carbocycles. The van der Waals surface area contributed by atoms with Gasteiger partial charge in [-0.2, -0.15) is 0 Å². The fourth-order valence-electron chi connectivity index (χ4n) is 1.75. The molecule has 7 heteroatoms. The highest BCUT2D eigenvalue weighted by atomic mass is 32.2. The molecule has 0 spiro atoms. The highest BCUT2D eigenvalue weighted by Gasteiger charge is 2.36. The van der Waals surface area contributed by atoms with Gasteiger partial charge in [-0.15, -0.1) is 0 Å². The van der Waals surface area contributed by atoms with E-state index in [2.05, 4.69) is 0 Å². The van der Waals surface area contributed by atoms with Crippen molar-refractivity contribution >= 4 is 35.0 Å². The lowest BCUT2D eigenvalue weighted by molar-refractivity contribution is -0.140. The number of nitrogens with zero attached hydrogens (tertiary/aromatic N) is 1. The molecule has 0 atom stereocenters. The van der Waals surface area contributed by atoms with Gasteiger partial charge in [-0.3, -0.25) is 19.3 Å². The van der Waals surface area contributed by atoms with Crippen LogP contribution in [0, 0.1) is 0 Å². The lowest BCUT2D eigenvalue weighted by Gasteiger charge is -2.07. The maximum absolute atomic E-state index is 12.0. The fraction of sp³-hybridized carbons (Fsp3) is 0.214. The molecule has 1 saturated heterocycles. The molecule has 21 heavy (non-hydrogen) atoms. The summed E-state index contributed by atoms with van der Waals surface area (Å²) < 4.78 is 5.31. The summed E-state index contributed by atoms with van der Waals surface area (Å²) in [6.45, 7) is 1.82. The third kappa shape index (κ3) is 3.63. The van der Waals surface area contributed by atoms with Crippen molar-refractivity contribution in [2.75, 3.05) is 13.2 Å². The van der Waals surface area contributed by atoms with Crippen LogP contribution in [0.1, 0.15) is 12.5 Å². The Morgan fingerprint density at radius 3 is 2.57 bits per heavy atom. The topological polar surface area (TPSA) is 83.9 Å². The number of carboxylic acid groups (broad SMARTS) is 1. The Bertz CT molecular complexity index is 608. The van der Waals surface area contributed by atoms with E-state index in [1.165, 1.54) is 0 Å². The summed E-state index contributed by atoms with van der Waals surface area (Å²) >= 11 is 0.737. The second kappa shape index (κ2) is 6.45. The van der Waals surface area contributed by atoms with Gasteiger partial charge in [-0.05, 0) is 42.5 Å². The number of benzene rings is 1. The van der Waals surface area contributed by atoms with Gasteiger partial charge in [-0.1, -0.05) is 12.1 Å². The van der Waals surface area contributed by atoms with Crippen LogP contribution in [-0.4, -0.2) is 40.3 Å². The van der Waals surface area contributed by atoms with Crippen LogP contribution in [0.15, 0.2) is 29.2 Å². The van der Waals surface area contributed by atoms with Crippen molar-refractivity contribution in [2.24, 2.45) is 0 Å². The average molecular weight is 307 g/mol. The van der Waals surface area contributed by atoms with Gasteiger partial charge >= 0.3 is 5.97 Å².